The van der Waals surface area contributed by atoms with E-state index in [4.69, 9.17) is 16.3 Å². The monoisotopic (exact) mass is 285 g/mol. The summed E-state index contributed by atoms with van der Waals surface area (Å²) < 4.78 is 5.55. The average molecular weight is 286 g/mol. The fourth-order valence-electron chi connectivity index (χ4n) is 2.18. The van der Waals surface area contributed by atoms with Crippen molar-refractivity contribution in [2.45, 2.75) is 39.3 Å². The van der Waals surface area contributed by atoms with Gasteiger partial charge in [-0.1, -0.05) is 18.5 Å². The minimum Gasteiger partial charge on any atom is -0.394 e. The van der Waals surface area contributed by atoms with E-state index in [0.717, 1.165) is 23.6 Å². The van der Waals surface area contributed by atoms with Gasteiger partial charge >= 0.3 is 0 Å². The Balaban J connectivity index is 2.36. The molecule has 0 spiro atoms. The molecule has 2 heterocycles. The summed E-state index contributed by atoms with van der Waals surface area (Å²) in [5, 5.41) is 9.76. The quantitative estimate of drug-likeness (QED) is 0.855. The first-order chi connectivity index (χ1) is 9.06. The van der Waals surface area contributed by atoms with Crippen LogP contribution in [-0.2, 0) is 11.2 Å². The fraction of sp³-hybridized carbons (Fsp3) is 0.692. The van der Waals surface area contributed by atoms with Gasteiger partial charge in [0, 0.05) is 18.5 Å². The molecule has 0 aromatic carbocycles. The predicted octanol–water partition coefficient (Wildman–Crippen LogP) is 1.59. The topological polar surface area (TPSA) is 58.5 Å². The lowest BCUT2D eigenvalue weighted by Crippen LogP contribution is -2.50. The van der Waals surface area contributed by atoms with E-state index in [2.05, 4.69) is 21.8 Å². The Morgan fingerprint density at radius 1 is 1.47 bits per heavy atom. The van der Waals surface area contributed by atoms with E-state index < -0.39 is 0 Å². The second-order valence-electron chi connectivity index (χ2n) is 4.87. The van der Waals surface area contributed by atoms with Crippen molar-refractivity contribution in [3.8, 4) is 0 Å². The molecule has 2 atom stereocenters. The maximum Gasteiger partial charge on any atom is 0.137 e. The summed E-state index contributed by atoms with van der Waals surface area (Å²) in [6, 6.07) is 0.206. The molecule has 6 heteroatoms. The van der Waals surface area contributed by atoms with Crippen LogP contribution in [-0.4, -0.2) is 47.0 Å². The Hall–Kier alpha value is -0.910. The molecular weight excluding hydrogens is 266 g/mol. The number of anilines is 1. The van der Waals surface area contributed by atoms with Crippen LogP contribution in [0.15, 0.2) is 0 Å². The summed E-state index contributed by atoms with van der Waals surface area (Å²) >= 11 is 6.18. The summed E-state index contributed by atoms with van der Waals surface area (Å²) in [4.78, 5) is 11.0. The highest BCUT2D eigenvalue weighted by atomic mass is 35.5. The van der Waals surface area contributed by atoms with Crippen molar-refractivity contribution < 1.29 is 9.84 Å². The highest BCUT2D eigenvalue weighted by molar-refractivity contribution is 6.30. The minimum atomic E-state index is -0.172. The number of aliphatic hydroxyl groups excluding tert-OH is 1. The van der Waals surface area contributed by atoms with Gasteiger partial charge in [0.25, 0.3) is 0 Å². The summed E-state index contributed by atoms with van der Waals surface area (Å²) in [6.45, 7) is 7.22. The van der Waals surface area contributed by atoms with Crippen LogP contribution in [0.4, 0.5) is 5.82 Å². The number of morpholine rings is 1. The van der Waals surface area contributed by atoms with Gasteiger partial charge in [0.15, 0.2) is 0 Å². The molecule has 1 fully saturated rings. The second-order valence-corrected chi connectivity index (χ2v) is 5.23. The van der Waals surface area contributed by atoms with Crippen molar-refractivity contribution in [1.82, 2.24) is 9.97 Å². The summed E-state index contributed by atoms with van der Waals surface area (Å²) in [7, 11) is 0. The van der Waals surface area contributed by atoms with Gasteiger partial charge in [-0.2, -0.15) is 0 Å². The second kappa shape index (κ2) is 6.03. The van der Waals surface area contributed by atoms with Crippen molar-refractivity contribution >= 4 is 17.4 Å². The van der Waals surface area contributed by atoms with Crippen molar-refractivity contribution in [2.24, 2.45) is 0 Å². The van der Waals surface area contributed by atoms with E-state index in [1.807, 2.05) is 13.8 Å². The average Bonchev–Trinajstić information content (AvgIpc) is 2.42. The third-order valence-electron chi connectivity index (χ3n) is 3.40. The van der Waals surface area contributed by atoms with Gasteiger partial charge in [0.05, 0.1) is 25.4 Å². The third-order valence-corrected chi connectivity index (χ3v) is 3.77. The molecule has 1 aliphatic heterocycles. The third kappa shape index (κ3) is 2.99. The normalized spacial score (nSPS) is 23.7. The highest BCUT2D eigenvalue weighted by Gasteiger charge is 2.28. The maximum absolute atomic E-state index is 9.26. The van der Waals surface area contributed by atoms with Gasteiger partial charge < -0.3 is 14.7 Å². The standard InChI is InChI=1S/C13H20ClN3O2/c1-4-11-15-12(14)9(3)13(16-11)17-5-10(6-18)19-7-8(17)2/h8,10,18H,4-7H2,1-3H3. The van der Waals surface area contributed by atoms with Crippen molar-refractivity contribution in [2.75, 3.05) is 24.7 Å². The summed E-state index contributed by atoms with van der Waals surface area (Å²) in [6.07, 6.45) is 0.573. The lowest BCUT2D eigenvalue weighted by atomic mass is 10.1. The number of aromatic nitrogens is 2. The van der Waals surface area contributed by atoms with Crippen molar-refractivity contribution in [3.05, 3.63) is 16.5 Å². The van der Waals surface area contributed by atoms with Gasteiger partial charge in [-0.15, -0.1) is 0 Å². The van der Waals surface area contributed by atoms with Crippen LogP contribution in [0.3, 0.4) is 0 Å². The molecule has 2 unspecified atom stereocenters. The Kier molecular flexibility index (Phi) is 4.60. The van der Waals surface area contributed by atoms with Crippen LogP contribution >= 0.6 is 11.6 Å². The zero-order valence-corrected chi connectivity index (χ0v) is 12.3. The molecule has 0 radical (unpaired) electrons. The number of aliphatic hydroxyl groups is 1. The number of halogens is 1. The molecule has 1 aromatic heterocycles. The highest BCUT2D eigenvalue weighted by Crippen LogP contribution is 2.27. The van der Waals surface area contributed by atoms with Gasteiger partial charge in [-0.3, -0.25) is 0 Å². The van der Waals surface area contributed by atoms with Gasteiger partial charge in [0.1, 0.15) is 16.8 Å². The molecule has 2 rings (SSSR count). The smallest absolute Gasteiger partial charge is 0.137 e. The van der Waals surface area contributed by atoms with E-state index in [9.17, 15) is 5.11 Å². The van der Waals surface area contributed by atoms with Gasteiger partial charge in [-0.05, 0) is 13.8 Å². The lowest BCUT2D eigenvalue weighted by molar-refractivity contribution is -0.0106. The largest absolute Gasteiger partial charge is 0.394 e. The number of aryl methyl sites for hydroxylation is 1. The molecule has 0 bridgehead atoms. The molecular formula is C13H20ClN3O2. The molecule has 1 aliphatic rings. The zero-order chi connectivity index (χ0) is 14.0. The van der Waals surface area contributed by atoms with E-state index in [-0.39, 0.29) is 18.8 Å². The zero-order valence-electron chi connectivity index (χ0n) is 11.6. The molecule has 106 valence electrons. The first-order valence-corrected chi connectivity index (χ1v) is 6.96. The summed E-state index contributed by atoms with van der Waals surface area (Å²) in [5.74, 6) is 1.59. The Morgan fingerprint density at radius 3 is 2.84 bits per heavy atom. The minimum absolute atomic E-state index is 0.0156. The van der Waals surface area contributed by atoms with Crippen LogP contribution in [0.2, 0.25) is 5.15 Å². The fourth-order valence-corrected chi connectivity index (χ4v) is 2.36. The lowest BCUT2D eigenvalue weighted by Gasteiger charge is -2.39. The Bertz CT molecular complexity index is 456. The van der Waals surface area contributed by atoms with Crippen molar-refractivity contribution in [3.63, 3.8) is 0 Å². The number of nitrogens with zero attached hydrogens (tertiary/aromatic N) is 3. The van der Waals surface area contributed by atoms with Gasteiger partial charge in [-0.25, -0.2) is 9.97 Å². The maximum atomic E-state index is 9.26. The first-order valence-electron chi connectivity index (χ1n) is 6.58. The number of hydrogen-bond donors (Lipinski definition) is 1. The van der Waals surface area contributed by atoms with Crippen LogP contribution in [0, 0.1) is 6.92 Å². The Labute approximate surface area is 118 Å². The van der Waals surface area contributed by atoms with Gasteiger partial charge in [0.2, 0.25) is 0 Å². The molecule has 0 saturated carbocycles. The first kappa shape index (κ1) is 14.5. The van der Waals surface area contributed by atoms with Crippen LogP contribution in [0.5, 0.6) is 0 Å². The van der Waals surface area contributed by atoms with E-state index in [0.29, 0.717) is 18.3 Å². The molecule has 0 aliphatic carbocycles. The Morgan fingerprint density at radius 2 is 2.21 bits per heavy atom. The van der Waals surface area contributed by atoms with E-state index >= 15 is 0 Å². The van der Waals surface area contributed by atoms with Crippen LogP contribution in [0.25, 0.3) is 0 Å². The SMILES string of the molecule is CCc1nc(Cl)c(C)c(N2CC(CO)OCC2C)n1. The van der Waals surface area contributed by atoms with E-state index in [1.54, 1.807) is 0 Å². The molecule has 1 aromatic rings. The number of rotatable bonds is 3. The van der Waals surface area contributed by atoms with Crippen molar-refractivity contribution in [1.29, 1.82) is 0 Å². The van der Waals surface area contributed by atoms with Crippen LogP contribution in [0.1, 0.15) is 25.2 Å². The van der Waals surface area contributed by atoms with E-state index in [1.165, 1.54) is 0 Å². The molecule has 1 saturated heterocycles. The van der Waals surface area contributed by atoms with Crippen LogP contribution < -0.4 is 4.90 Å². The predicted molar refractivity (Wildman–Crippen MR) is 74.8 cm³/mol. The molecule has 1 N–H and O–H groups in total. The number of ether oxygens (including phenoxy) is 1. The molecule has 19 heavy (non-hydrogen) atoms. The molecule has 5 nitrogen and oxygen atoms in total. The number of hydrogen-bond acceptors (Lipinski definition) is 5. The molecule has 0 amide bonds. The summed E-state index contributed by atoms with van der Waals surface area (Å²) in [5.41, 5.74) is 0.879.